The van der Waals surface area contributed by atoms with Crippen LogP contribution in [0.1, 0.15) is 12.0 Å². The molecule has 19 heavy (non-hydrogen) atoms. The van der Waals surface area contributed by atoms with Crippen molar-refractivity contribution in [2.75, 3.05) is 19.8 Å². The van der Waals surface area contributed by atoms with E-state index in [9.17, 15) is 4.79 Å². The molecule has 1 amide bonds. The van der Waals surface area contributed by atoms with Crippen molar-refractivity contribution in [3.05, 3.63) is 35.9 Å². The Kier molecular flexibility index (Phi) is 5.18. The van der Waals surface area contributed by atoms with E-state index in [1.807, 2.05) is 30.3 Å². The zero-order valence-electron chi connectivity index (χ0n) is 10.7. The molecule has 1 heterocycles. The van der Waals surface area contributed by atoms with Crippen LogP contribution in [0.15, 0.2) is 30.3 Å². The van der Waals surface area contributed by atoms with E-state index in [-0.39, 0.29) is 12.1 Å². The molecule has 0 aliphatic carbocycles. The van der Waals surface area contributed by atoms with Crippen LogP contribution in [0.5, 0.6) is 0 Å². The van der Waals surface area contributed by atoms with Gasteiger partial charge in [-0.15, -0.1) is 0 Å². The third-order valence-corrected chi connectivity index (χ3v) is 3.08. The fourth-order valence-electron chi connectivity index (χ4n) is 2.26. The van der Waals surface area contributed by atoms with E-state index >= 15 is 0 Å². The summed E-state index contributed by atoms with van der Waals surface area (Å²) < 4.78 is 10.9. The maximum absolute atomic E-state index is 10.9. The van der Waals surface area contributed by atoms with E-state index in [2.05, 4.69) is 5.32 Å². The first-order valence-electron chi connectivity index (χ1n) is 6.47. The second-order valence-electron chi connectivity index (χ2n) is 4.64. The van der Waals surface area contributed by atoms with Crippen LogP contribution in [-0.2, 0) is 15.9 Å². The smallest absolute Gasteiger partial charge is 0.404 e. The number of amides is 1. The Bertz CT molecular complexity index is 390. The maximum atomic E-state index is 10.9. The highest BCUT2D eigenvalue weighted by Gasteiger charge is 2.21. The van der Waals surface area contributed by atoms with E-state index in [0.29, 0.717) is 32.7 Å². The predicted octanol–water partition coefficient (Wildman–Crippen LogP) is 1.67. The number of carbonyl (C=O) groups is 1. The Labute approximate surface area is 112 Å². The Morgan fingerprint density at radius 1 is 1.37 bits per heavy atom. The van der Waals surface area contributed by atoms with Crippen molar-refractivity contribution in [1.82, 2.24) is 5.32 Å². The highest BCUT2D eigenvalue weighted by atomic mass is 16.6. The molecule has 2 atom stereocenters. The van der Waals surface area contributed by atoms with E-state index in [4.69, 9.17) is 14.6 Å². The number of nitrogens with one attached hydrogen (secondary N) is 1. The second kappa shape index (κ2) is 7.11. The molecular weight excluding hydrogens is 246 g/mol. The number of carboxylic acid groups (broad SMARTS) is 1. The molecule has 1 aliphatic heterocycles. The van der Waals surface area contributed by atoms with Crippen LogP contribution in [0.25, 0.3) is 0 Å². The monoisotopic (exact) mass is 265 g/mol. The van der Waals surface area contributed by atoms with Crippen LogP contribution < -0.4 is 5.32 Å². The Balaban J connectivity index is 1.92. The van der Waals surface area contributed by atoms with Gasteiger partial charge in [-0.05, 0) is 18.4 Å². The van der Waals surface area contributed by atoms with Gasteiger partial charge in [0.05, 0.1) is 25.9 Å². The minimum absolute atomic E-state index is 0.0330. The van der Waals surface area contributed by atoms with Crippen LogP contribution in [0.4, 0.5) is 4.79 Å². The van der Waals surface area contributed by atoms with Gasteiger partial charge in [0, 0.05) is 6.04 Å². The molecule has 0 aromatic heterocycles. The lowest BCUT2D eigenvalue weighted by atomic mass is 10.0. The normalized spacial score (nSPS) is 20.7. The molecule has 2 rings (SSSR count). The zero-order valence-corrected chi connectivity index (χ0v) is 10.7. The van der Waals surface area contributed by atoms with Gasteiger partial charge in [0.1, 0.15) is 0 Å². The Morgan fingerprint density at radius 3 is 2.79 bits per heavy atom. The zero-order chi connectivity index (χ0) is 13.5. The molecule has 1 aromatic carbocycles. The number of hydrogen-bond donors (Lipinski definition) is 2. The van der Waals surface area contributed by atoms with Gasteiger partial charge in [0.25, 0.3) is 0 Å². The largest absolute Gasteiger partial charge is 0.465 e. The van der Waals surface area contributed by atoms with Crippen LogP contribution in [0.2, 0.25) is 0 Å². The SMILES string of the molecule is O=C(O)NC(Cc1ccccc1)CC1COCCO1. The van der Waals surface area contributed by atoms with Gasteiger partial charge in [-0.3, -0.25) is 0 Å². The van der Waals surface area contributed by atoms with Crippen molar-refractivity contribution < 1.29 is 19.4 Å². The number of ether oxygens (including phenoxy) is 2. The lowest BCUT2D eigenvalue weighted by Gasteiger charge is -2.27. The van der Waals surface area contributed by atoms with Crippen molar-refractivity contribution in [3.63, 3.8) is 0 Å². The van der Waals surface area contributed by atoms with Crippen molar-refractivity contribution >= 4 is 6.09 Å². The van der Waals surface area contributed by atoms with E-state index < -0.39 is 6.09 Å². The lowest BCUT2D eigenvalue weighted by molar-refractivity contribution is -0.0932. The molecule has 104 valence electrons. The summed E-state index contributed by atoms with van der Waals surface area (Å²) in [6.07, 6.45) is 0.251. The summed E-state index contributed by atoms with van der Waals surface area (Å²) in [6.45, 7) is 1.73. The molecule has 1 saturated heterocycles. The molecule has 1 aromatic rings. The molecule has 0 bridgehead atoms. The third-order valence-electron chi connectivity index (χ3n) is 3.08. The lowest BCUT2D eigenvalue weighted by Crippen LogP contribution is -2.41. The first-order valence-corrected chi connectivity index (χ1v) is 6.47. The van der Waals surface area contributed by atoms with Gasteiger partial charge in [-0.1, -0.05) is 30.3 Å². The quantitative estimate of drug-likeness (QED) is 0.849. The third kappa shape index (κ3) is 4.89. The molecule has 1 aliphatic rings. The summed E-state index contributed by atoms with van der Waals surface area (Å²) in [7, 11) is 0. The maximum Gasteiger partial charge on any atom is 0.404 e. The topological polar surface area (TPSA) is 67.8 Å². The molecule has 0 saturated carbocycles. The van der Waals surface area contributed by atoms with Gasteiger partial charge >= 0.3 is 6.09 Å². The fraction of sp³-hybridized carbons (Fsp3) is 0.500. The molecule has 2 N–H and O–H groups in total. The predicted molar refractivity (Wildman–Crippen MR) is 70.3 cm³/mol. The van der Waals surface area contributed by atoms with Crippen molar-refractivity contribution in [2.24, 2.45) is 0 Å². The van der Waals surface area contributed by atoms with Crippen molar-refractivity contribution in [2.45, 2.75) is 25.0 Å². The number of rotatable bonds is 5. The molecule has 0 spiro atoms. The van der Waals surface area contributed by atoms with Gasteiger partial charge in [0.2, 0.25) is 0 Å². The molecule has 0 radical (unpaired) electrons. The molecule has 5 nitrogen and oxygen atoms in total. The Hall–Kier alpha value is -1.59. The van der Waals surface area contributed by atoms with E-state index in [0.717, 1.165) is 5.56 Å². The second-order valence-corrected chi connectivity index (χ2v) is 4.64. The molecule has 2 unspecified atom stereocenters. The number of hydrogen-bond acceptors (Lipinski definition) is 3. The Morgan fingerprint density at radius 2 is 2.16 bits per heavy atom. The summed E-state index contributed by atoms with van der Waals surface area (Å²) in [5.74, 6) is 0. The van der Waals surface area contributed by atoms with Crippen LogP contribution in [0.3, 0.4) is 0 Å². The summed E-state index contributed by atoms with van der Waals surface area (Å²) in [6, 6.07) is 9.68. The van der Waals surface area contributed by atoms with Gasteiger partial charge < -0.3 is 19.9 Å². The summed E-state index contributed by atoms with van der Waals surface area (Å²) in [4.78, 5) is 10.9. The van der Waals surface area contributed by atoms with E-state index in [1.54, 1.807) is 0 Å². The number of benzene rings is 1. The van der Waals surface area contributed by atoms with Gasteiger partial charge in [-0.25, -0.2) is 4.79 Å². The highest BCUT2D eigenvalue weighted by Crippen LogP contribution is 2.12. The molecule has 5 heteroatoms. The first-order chi connectivity index (χ1) is 9.24. The van der Waals surface area contributed by atoms with Crippen molar-refractivity contribution in [3.8, 4) is 0 Å². The van der Waals surface area contributed by atoms with Gasteiger partial charge in [0.15, 0.2) is 0 Å². The highest BCUT2D eigenvalue weighted by molar-refractivity contribution is 5.64. The van der Waals surface area contributed by atoms with Crippen LogP contribution in [-0.4, -0.2) is 43.2 Å². The van der Waals surface area contributed by atoms with Crippen LogP contribution >= 0.6 is 0 Å². The standard InChI is InChI=1S/C14H19NO4/c16-14(17)15-12(8-11-4-2-1-3-5-11)9-13-10-18-6-7-19-13/h1-5,12-13,15H,6-10H2,(H,16,17). The van der Waals surface area contributed by atoms with Crippen LogP contribution in [0, 0.1) is 0 Å². The van der Waals surface area contributed by atoms with Crippen molar-refractivity contribution in [1.29, 1.82) is 0 Å². The molecular formula is C14H19NO4. The van der Waals surface area contributed by atoms with E-state index in [1.165, 1.54) is 0 Å². The average Bonchev–Trinajstić information content (AvgIpc) is 2.40. The van der Waals surface area contributed by atoms with Gasteiger partial charge in [-0.2, -0.15) is 0 Å². The molecule has 1 fully saturated rings. The minimum Gasteiger partial charge on any atom is -0.465 e. The minimum atomic E-state index is -1.00. The summed E-state index contributed by atoms with van der Waals surface area (Å²) in [5.41, 5.74) is 1.11. The average molecular weight is 265 g/mol. The fourth-order valence-corrected chi connectivity index (χ4v) is 2.26. The first kappa shape index (κ1) is 13.8. The summed E-state index contributed by atoms with van der Waals surface area (Å²) >= 11 is 0. The summed E-state index contributed by atoms with van der Waals surface area (Å²) in [5, 5.41) is 11.5.